The Morgan fingerprint density at radius 3 is 2.28 bits per heavy atom. The first-order valence-electron chi connectivity index (χ1n) is 8.32. The van der Waals surface area contributed by atoms with E-state index in [4.69, 9.17) is 9.47 Å². The van der Waals surface area contributed by atoms with Crippen molar-refractivity contribution < 1.29 is 14.3 Å². The van der Waals surface area contributed by atoms with E-state index in [9.17, 15) is 4.79 Å². The number of carbonyl (C=O) groups excluding carboxylic acids is 1. The quantitative estimate of drug-likeness (QED) is 0.703. The topological polar surface area (TPSA) is 42.0 Å². The van der Waals surface area contributed by atoms with Crippen molar-refractivity contribution in [1.82, 2.24) is 9.80 Å². The number of rotatable bonds is 9. The second-order valence-corrected chi connectivity index (χ2v) is 6.00. The van der Waals surface area contributed by atoms with E-state index in [-0.39, 0.29) is 5.91 Å². The van der Waals surface area contributed by atoms with E-state index in [0.717, 1.165) is 17.1 Å². The Bertz CT molecular complexity index is 644. The zero-order chi connectivity index (χ0) is 18.1. The molecule has 0 aromatic heterocycles. The molecule has 5 heteroatoms. The van der Waals surface area contributed by atoms with E-state index in [2.05, 4.69) is 0 Å². The van der Waals surface area contributed by atoms with Crippen LogP contribution in [0.4, 0.5) is 0 Å². The van der Waals surface area contributed by atoms with Crippen LogP contribution in [0.5, 0.6) is 11.5 Å². The van der Waals surface area contributed by atoms with Crippen molar-refractivity contribution in [2.24, 2.45) is 0 Å². The molecule has 0 bridgehead atoms. The molecule has 0 aliphatic rings. The third kappa shape index (κ3) is 6.47. The second-order valence-electron chi connectivity index (χ2n) is 6.00. The summed E-state index contributed by atoms with van der Waals surface area (Å²) in [7, 11) is 5.39. The minimum Gasteiger partial charge on any atom is -0.497 e. The third-order valence-corrected chi connectivity index (χ3v) is 3.89. The van der Waals surface area contributed by atoms with Crippen molar-refractivity contribution in [3.05, 3.63) is 60.2 Å². The molecule has 134 valence electrons. The Morgan fingerprint density at radius 1 is 0.960 bits per heavy atom. The van der Waals surface area contributed by atoms with Gasteiger partial charge < -0.3 is 14.4 Å². The lowest BCUT2D eigenvalue weighted by molar-refractivity contribution is -0.131. The standard InChI is InChI=1S/C20H26N2O3/c1-21(13-14-25-19-7-5-4-6-8-19)16-20(23)22(2)15-17-9-11-18(24-3)12-10-17/h4-12H,13-16H2,1-3H3. The van der Waals surface area contributed by atoms with E-state index in [1.54, 1.807) is 12.0 Å². The largest absolute Gasteiger partial charge is 0.497 e. The highest BCUT2D eigenvalue weighted by atomic mass is 16.5. The van der Waals surface area contributed by atoms with Gasteiger partial charge in [-0.15, -0.1) is 0 Å². The fraction of sp³-hybridized carbons (Fsp3) is 0.350. The molecule has 0 atom stereocenters. The molecule has 0 heterocycles. The van der Waals surface area contributed by atoms with Crippen LogP contribution in [0.15, 0.2) is 54.6 Å². The van der Waals surface area contributed by atoms with Gasteiger partial charge in [-0.3, -0.25) is 9.69 Å². The van der Waals surface area contributed by atoms with Gasteiger partial charge in [0.15, 0.2) is 0 Å². The van der Waals surface area contributed by atoms with E-state index >= 15 is 0 Å². The number of methoxy groups -OCH3 is 1. The van der Waals surface area contributed by atoms with Crippen molar-refractivity contribution in [2.75, 3.05) is 40.9 Å². The van der Waals surface area contributed by atoms with Crippen molar-refractivity contribution in [2.45, 2.75) is 6.54 Å². The van der Waals surface area contributed by atoms with Gasteiger partial charge in [-0.2, -0.15) is 0 Å². The number of likely N-dealkylation sites (N-methyl/N-ethyl adjacent to an activating group) is 2. The molecule has 2 rings (SSSR count). The smallest absolute Gasteiger partial charge is 0.236 e. The number of ether oxygens (including phenoxy) is 2. The maximum atomic E-state index is 12.3. The summed E-state index contributed by atoms with van der Waals surface area (Å²) in [6.07, 6.45) is 0. The van der Waals surface area contributed by atoms with E-state index in [0.29, 0.717) is 26.2 Å². The molecule has 0 aliphatic carbocycles. The highest BCUT2D eigenvalue weighted by molar-refractivity contribution is 5.77. The van der Waals surface area contributed by atoms with Crippen LogP contribution in [0.1, 0.15) is 5.56 Å². The van der Waals surface area contributed by atoms with Crippen molar-refractivity contribution >= 4 is 5.91 Å². The molecule has 0 spiro atoms. The Morgan fingerprint density at radius 2 is 1.64 bits per heavy atom. The van der Waals surface area contributed by atoms with Crippen LogP contribution >= 0.6 is 0 Å². The number of nitrogens with zero attached hydrogens (tertiary/aromatic N) is 2. The van der Waals surface area contributed by atoms with E-state index < -0.39 is 0 Å². The maximum Gasteiger partial charge on any atom is 0.236 e. The first-order valence-corrected chi connectivity index (χ1v) is 8.32. The zero-order valence-electron chi connectivity index (χ0n) is 15.1. The summed E-state index contributed by atoms with van der Waals surface area (Å²) in [5.41, 5.74) is 1.08. The number of para-hydroxylation sites is 1. The minimum absolute atomic E-state index is 0.0815. The lowest BCUT2D eigenvalue weighted by atomic mass is 10.2. The molecule has 0 unspecified atom stereocenters. The van der Waals surface area contributed by atoms with Crippen LogP contribution in [-0.4, -0.2) is 56.6 Å². The summed E-state index contributed by atoms with van der Waals surface area (Å²) in [6.45, 7) is 2.19. The van der Waals surface area contributed by atoms with Crippen LogP contribution in [0.3, 0.4) is 0 Å². The van der Waals surface area contributed by atoms with Crippen LogP contribution in [0.2, 0.25) is 0 Å². The van der Waals surface area contributed by atoms with E-state index in [1.165, 1.54) is 0 Å². The summed E-state index contributed by atoms with van der Waals surface area (Å²) in [4.78, 5) is 16.0. The van der Waals surface area contributed by atoms with Crippen molar-refractivity contribution in [3.8, 4) is 11.5 Å². The first kappa shape index (κ1) is 18.8. The average Bonchev–Trinajstić information content (AvgIpc) is 2.63. The molecule has 1 amide bonds. The number of benzene rings is 2. The number of hydrogen-bond acceptors (Lipinski definition) is 4. The maximum absolute atomic E-state index is 12.3. The number of amides is 1. The fourth-order valence-corrected chi connectivity index (χ4v) is 2.36. The Kier molecular flexibility index (Phi) is 7.29. The minimum atomic E-state index is 0.0815. The first-order chi connectivity index (χ1) is 12.1. The summed E-state index contributed by atoms with van der Waals surface area (Å²) >= 11 is 0. The van der Waals surface area contributed by atoms with Crippen LogP contribution < -0.4 is 9.47 Å². The van der Waals surface area contributed by atoms with Gasteiger partial charge in [0.1, 0.15) is 18.1 Å². The Labute approximate surface area is 149 Å². The highest BCUT2D eigenvalue weighted by Crippen LogP contribution is 2.12. The van der Waals surface area contributed by atoms with Crippen LogP contribution in [0.25, 0.3) is 0 Å². The molecule has 0 saturated carbocycles. The van der Waals surface area contributed by atoms with Gasteiger partial charge in [0.05, 0.1) is 13.7 Å². The van der Waals surface area contributed by atoms with Gasteiger partial charge in [-0.25, -0.2) is 0 Å². The molecule has 0 aliphatic heterocycles. The predicted molar refractivity (Wildman–Crippen MR) is 98.9 cm³/mol. The number of hydrogen-bond donors (Lipinski definition) is 0. The van der Waals surface area contributed by atoms with Gasteiger partial charge in [-0.05, 0) is 36.9 Å². The fourth-order valence-electron chi connectivity index (χ4n) is 2.36. The SMILES string of the molecule is COc1ccc(CN(C)C(=O)CN(C)CCOc2ccccc2)cc1. The second kappa shape index (κ2) is 9.69. The van der Waals surface area contributed by atoms with Gasteiger partial charge in [0, 0.05) is 20.1 Å². The average molecular weight is 342 g/mol. The molecule has 2 aromatic carbocycles. The third-order valence-electron chi connectivity index (χ3n) is 3.89. The van der Waals surface area contributed by atoms with Gasteiger partial charge in [-0.1, -0.05) is 30.3 Å². The lowest BCUT2D eigenvalue weighted by Gasteiger charge is -2.22. The normalized spacial score (nSPS) is 10.6. The Balaban J connectivity index is 1.71. The molecular formula is C20H26N2O3. The summed E-state index contributed by atoms with van der Waals surface area (Å²) < 4.78 is 10.8. The van der Waals surface area contributed by atoms with E-state index in [1.807, 2.05) is 73.6 Å². The monoisotopic (exact) mass is 342 g/mol. The molecule has 0 fully saturated rings. The van der Waals surface area contributed by atoms with Crippen molar-refractivity contribution in [3.63, 3.8) is 0 Å². The zero-order valence-corrected chi connectivity index (χ0v) is 15.1. The Hall–Kier alpha value is -2.53. The molecular weight excluding hydrogens is 316 g/mol. The van der Waals surface area contributed by atoms with Crippen LogP contribution in [0, 0.1) is 0 Å². The van der Waals surface area contributed by atoms with Gasteiger partial charge >= 0.3 is 0 Å². The lowest BCUT2D eigenvalue weighted by Crippen LogP contribution is -2.37. The molecule has 0 radical (unpaired) electrons. The summed E-state index contributed by atoms with van der Waals surface area (Å²) in [5.74, 6) is 1.74. The van der Waals surface area contributed by atoms with Crippen LogP contribution in [-0.2, 0) is 11.3 Å². The highest BCUT2D eigenvalue weighted by Gasteiger charge is 2.12. The molecule has 0 saturated heterocycles. The molecule has 25 heavy (non-hydrogen) atoms. The van der Waals surface area contributed by atoms with Gasteiger partial charge in [0.2, 0.25) is 5.91 Å². The number of carbonyl (C=O) groups is 1. The van der Waals surface area contributed by atoms with Crippen molar-refractivity contribution in [1.29, 1.82) is 0 Å². The van der Waals surface area contributed by atoms with Gasteiger partial charge in [0.25, 0.3) is 0 Å². The summed E-state index contributed by atoms with van der Waals surface area (Å²) in [6, 6.07) is 17.4. The molecule has 2 aromatic rings. The summed E-state index contributed by atoms with van der Waals surface area (Å²) in [5, 5.41) is 0. The molecule has 5 nitrogen and oxygen atoms in total. The molecule has 0 N–H and O–H groups in total. The predicted octanol–water partition coefficient (Wildman–Crippen LogP) is 2.66.